The number of amides is 1. The highest BCUT2D eigenvalue weighted by atomic mass is 16.3. The van der Waals surface area contributed by atoms with Gasteiger partial charge in [-0.25, -0.2) is 5.43 Å². The Labute approximate surface area is 74.3 Å². The van der Waals surface area contributed by atoms with Crippen molar-refractivity contribution in [3.63, 3.8) is 0 Å². The van der Waals surface area contributed by atoms with Crippen molar-refractivity contribution < 1.29 is 15.0 Å². The molecule has 0 bridgehead atoms. The lowest BCUT2D eigenvalue weighted by Crippen LogP contribution is -2.00. The Morgan fingerprint density at radius 2 is 2.15 bits per heavy atom. The summed E-state index contributed by atoms with van der Waals surface area (Å²) in [6.45, 7) is 0. The van der Waals surface area contributed by atoms with Crippen LogP contribution in [-0.4, -0.2) is 22.8 Å². The van der Waals surface area contributed by atoms with Gasteiger partial charge in [-0.1, -0.05) is 0 Å². The lowest BCUT2D eigenvalue weighted by molar-refractivity contribution is -0.109. The number of carbonyl (C=O) groups excluding carboxylic acids is 1. The molecular weight excluding hydrogens is 172 g/mol. The third kappa shape index (κ3) is 2.48. The smallest absolute Gasteiger partial charge is 0.227 e. The minimum absolute atomic E-state index is 0.0296. The summed E-state index contributed by atoms with van der Waals surface area (Å²) in [5.74, 6) is -0.130. The van der Waals surface area contributed by atoms with E-state index in [-0.39, 0.29) is 11.5 Å². The maximum Gasteiger partial charge on any atom is 0.227 e. The zero-order valence-corrected chi connectivity index (χ0v) is 6.64. The number of phenols is 2. The lowest BCUT2D eigenvalue weighted by atomic mass is 10.2. The topological polar surface area (TPSA) is 81.9 Å². The van der Waals surface area contributed by atoms with Crippen molar-refractivity contribution >= 4 is 12.6 Å². The van der Waals surface area contributed by atoms with Crippen molar-refractivity contribution in [3.05, 3.63) is 23.8 Å². The number of nitrogens with zero attached hydrogens (tertiary/aromatic N) is 1. The van der Waals surface area contributed by atoms with Gasteiger partial charge < -0.3 is 10.2 Å². The first-order valence-electron chi connectivity index (χ1n) is 3.48. The van der Waals surface area contributed by atoms with Gasteiger partial charge in [-0.15, -0.1) is 0 Å². The third-order valence-electron chi connectivity index (χ3n) is 1.34. The Kier molecular flexibility index (Phi) is 2.86. The van der Waals surface area contributed by atoms with Crippen LogP contribution < -0.4 is 5.43 Å². The van der Waals surface area contributed by atoms with Crippen LogP contribution in [0.3, 0.4) is 0 Å². The maximum atomic E-state index is 9.81. The summed E-state index contributed by atoms with van der Waals surface area (Å²) in [7, 11) is 0. The summed E-state index contributed by atoms with van der Waals surface area (Å²) < 4.78 is 0. The van der Waals surface area contributed by atoms with Crippen molar-refractivity contribution in [3.8, 4) is 11.5 Å². The first-order chi connectivity index (χ1) is 6.24. The highest BCUT2D eigenvalue weighted by Crippen LogP contribution is 2.20. The zero-order valence-electron chi connectivity index (χ0n) is 6.64. The van der Waals surface area contributed by atoms with Crippen molar-refractivity contribution in [1.29, 1.82) is 0 Å². The highest BCUT2D eigenvalue weighted by Gasteiger charge is 1.98. The molecule has 5 heteroatoms. The average molecular weight is 180 g/mol. The van der Waals surface area contributed by atoms with Gasteiger partial charge in [-0.05, 0) is 12.1 Å². The fraction of sp³-hybridized carbons (Fsp3) is 0. The average Bonchev–Trinajstić information content (AvgIpc) is 2.09. The molecule has 0 radical (unpaired) electrons. The molecule has 0 heterocycles. The van der Waals surface area contributed by atoms with Crippen LogP contribution in [0.2, 0.25) is 0 Å². The van der Waals surface area contributed by atoms with Gasteiger partial charge in [-0.3, -0.25) is 4.79 Å². The number of hydrogen-bond donors (Lipinski definition) is 3. The van der Waals surface area contributed by atoms with Gasteiger partial charge in [-0.2, -0.15) is 5.10 Å². The molecule has 1 aromatic rings. The quantitative estimate of drug-likeness (QED) is 0.352. The molecule has 13 heavy (non-hydrogen) atoms. The number of nitrogens with one attached hydrogen (secondary N) is 1. The molecule has 0 aliphatic rings. The number of rotatable bonds is 3. The molecule has 5 nitrogen and oxygen atoms in total. The Morgan fingerprint density at radius 3 is 2.77 bits per heavy atom. The first-order valence-corrected chi connectivity index (χ1v) is 3.48. The molecule has 0 saturated carbocycles. The zero-order chi connectivity index (χ0) is 9.68. The Balaban J connectivity index is 2.83. The van der Waals surface area contributed by atoms with Gasteiger partial charge in [0, 0.05) is 11.6 Å². The van der Waals surface area contributed by atoms with Gasteiger partial charge >= 0.3 is 0 Å². The minimum Gasteiger partial charge on any atom is -0.508 e. The number of hydrogen-bond acceptors (Lipinski definition) is 4. The molecule has 0 spiro atoms. The number of hydrazone groups is 1. The summed E-state index contributed by atoms with van der Waals surface area (Å²) in [4.78, 5) is 9.81. The van der Waals surface area contributed by atoms with E-state index in [0.717, 1.165) is 0 Å². The predicted molar refractivity (Wildman–Crippen MR) is 46.6 cm³/mol. The van der Waals surface area contributed by atoms with Crippen LogP contribution in [0, 0.1) is 0 Å². The van der Waals surface area contributed by atoms with Crippen molar-refractivity contribution in [2.45, 2.75) is 0 Å². The van der Waals surface area contributed by atoms with E-state index in [2.05, 4.69) is 10.5 Å². The Morgan fingerprint density at radius 1 is 1.38 bits per heavy atom. The molecule has 0 aliphatic heterocycles. The third-order valence-corrected chi connectivity index (χ3v) is 1.34. The van der Waals surface area contributed by atoms with E-state index >= 15 is 0 Å². The van der Waals surface area contributed by atoms with Crippen LogP contribution in [0.5, 0.6) is 11.5 Å². The number of carbonyl (C=O) groups is 1. The molecule has 0 fully saturated rings. The number of phenolic OH excluding ortho intramolecular Hbond substituents is 2. The SMILES string of the molecule is O=CN/N=C/c1ccc(O)cc1O. The van der Waals surface area contributed by atoms with Crippen LogP contribution in [-0.2, 0) is 4.79 Å². The summed E-state index contributed by atoms with van der Waals surface area (Å²) >= 11 is 0. The summed E-state index contributed by atoms with van der Waals surface area (Å²) in [5.41, 5.74) is 2.46. The van der Waals surface area contributed by atoms with E-state index < -0.39 is 0 Å². The summed E-state index contributed by atoms with van der Waals surface area (Å²) in [6.07, 6.45) is 1.68. The highest BCUT2D eigenvalue weighted by molar-refractivity contribution is 5.83. The van der Waals surface area contributed by atoms with E-state index in [1.807, 2.05) is 0 Å². The summed E-state index contributed by atoms with van der Waals surface area (Å²) in [6, 6.07) is 4.06. The number of benzene rings is 1. The maximum absolute atomic E-state index is 9.81. The van der Waals surface area contributed by atoms with Crippen molar-refractivity contribution in [2.24, 2.45) is 5.10 Å². The molecule has 1 aromatic carbocycles. The van der Waals surface area contributed by atoms with Gasteiger partial charge in [0.2, 0.25) is 6.41 Å². The van der Waals surface area contributed by atoms with Gasteiger partial charge in [0.1, 0.15) is 11.5 Å². The van der Waals surface area contributed by atoms with E-state index in [0.29, 0.717) is 12.0 Å². The predicted octanol–water partition coefficient (Wildman–Crippen LogP) is 0.178. The number of aromatic hydroxyl groups is 2. The second-order valence-corrected chi connectivity index (χ2v) is 2.25. The second kappa shape index (κ2) is 4.10. The molecule has 1 rings (SSSR count). The minimum atomic E-state index is -0.101. The molecule has 0 saturated heterocycles. The van der Waals surface area contributed by atoms with E-state index in [1.54, 1.807) is 0 Å². The molecule has 0 aliphatic carbocycles. The fourth-order valence-corrected chi connectivity index (χ4v) is 0.778. The Bertz CT molecular complexity index is 336. The van der Waals surface area contributed by atoms with E-state index in [9.17, 15) is 9.90 Å². The monoisotopic (exact) mass is 180 g/mol. The lowest BCUT2D eigenvalue weighted by Gasteiger charge is -1.97. The van der Waals surface area contributed by atoms with Crippen LogP contribution in [0.4, 0.5) is 0 Å². The Hall–Kier alpha value is -2.04. The standard InChI is InChI=1S/C8H8N2O3/c11-5-10-9-4-6-1-2-7(12)3-8(6)13/h1-5,12-13H,(H,10,11)/b9-4+. The van der Waals surface area contributed by atoms with Crippen molar-refractivity contribution in [1.82, 2.24) is 5.43 Å². The normalized spacial score (nSPS) is 10.2. The molecule has 68 valence electrons. The fourth-order valence-electron chi connectivity index (χ4n) is 0.778. The van der Waals surface area contributed by atoms with Crippen LogP contribution in [0.15, 0.2) is 23.3 Å². The van der Waals surface area contributed by atoms with Crippen LogP contribution >= 0.6 is 0 Å². The van der Waals surface area contributed by atoms with Crippen molar-refractivity contribution in [2.75, 3.05) is 0 Å². The molecular formula is C8H8N2O3. The molecule has 0 unspecified atom stereocenters. The molecule has 1 amide bonds. The van der Waals surface area contributed by atoms with Crippen LogP contribution in [0.1, 0.15) is 5.56 Å². The van der Waals surface area contributed by atoms with Gasteiger partial charge in [0.25, 0.3) is 0 Å². The van der Waals surface area contributed by atoms with E-state index in [1.165, 1.54) is 24.4 Å². The molecule has 0 atom stereocenters. The van der Waals surface area contributed by atoms with Gasteiger partial charge in [0.05, 0.1) is 6.21 Å². The van der Waals surface area contributed by atoms with E-state index in [4.69, 9.17) is 5.11 Å². The second-order valence-electron chi connectivity index (χ2n) is 2.25. The molecule has 3 N–H and O–H groups in total. The van der Waals surface area contributed by atoms with Crippen LogP contribution in [0.25, 0.3) is 0 Å². The van der Waals surface area contributed by atoms with Gasteiger partial charge in [0.15, 0.2) is 0 Å². The first kappa shape index (κ1) is 9.05. The summed E-state index contributed by atoms with van der Waals surface area (Å²) in [5, 5.41) is 21.6. The molecule has 0 aromatic heterocycles. The largest absolute Gasteiger partial charge is 0.508 e.